The van der Waals surface area contributed by atoms with Gasteiger partial charge < -0.3 is 19.1 Å². The maximum absolute atomic E-state index is 13.3. The lowest BCUT2D eigenvalue weighted by Gasteiger charge is -2.26. The van der Waals surface area contributed by atoms with Gasteiger partial charge in [-0.1, -0.05) is 12.1 Å². The summed E-state index contributed by atoms with van der Waals surface area (Å²) in [5, 5.41) is 3.00. The van der Waals surface area contributed by atoms with Crippen LogP contribution in [0.15, 0.2) is 47.8 Å². The molecule has 31 heavy (non-hydrogen) atoms. The second-order valence-electron chi connectivity index (χ2n) is 7.45. The smallest absolute Gasteiger partial charge is 0.254 e. The van der Waals surface area contributed by atoms with Gasteiger partial charge in [-0.25, -0.2) is 4.98 Å². The molecule has 0 saturated carbocycles. The van der Waals surface area contributed by atoms with Gasteiger partial charge in [0.25, 0.3) is 5.91 Å². The molecular weight excluding hydrogens is 412 g/mol. The van der Waals surface area contributed by atoms with Crippen molar-refractivity contribution in [2.24, 2.45) is 0 Å². The number of methoxy groups -OCH3 is 2. The highest BCUT2D eigenvalue weighted by Gasteiger charge is 2.31. The second-order valence-corrected chi connectivity index (χ2v) is 8.51. The molecule has 3 aromatic rings. The van der Waals surface area contributed by atoms with Gasteiger partial charge in [0.2, 0.25) is 0 Å². The molecule has 1 atom stereocenters. The number of aromatic nitrogens is 1. The Morgan fingerprint density at radius 3 is 2.74 bits per heavy atom. The third-order valence-corrected chi connectivity index (χ3v) is 6.26. The number of hydrogen-bond acceptors (Lipinski definition) is 6. The van der Waals surface area contributed by atoms with E-state index in [1.807, 2.05) is 59.7 Å². The molecule has 1 aliphatic heterocycles. The van der Waals surface area contributed by atoms with Crippen LogP contribution in [0.4, 0.5) is 0 Å². The molecular formula is C24H26N2O4S. The highest BCUT2D eigenvalue weighted by molar-refractivity contribution is 7.09. The molecule has 0 aliphatic carbocycles. The Balaban J connectivity index is 1.50. The fourth-order valence-corrected chi connectivity index (χ4v) is 4.53. The van der Waals surface area contributed by atoms with Gasteiger partial charge in [0, 0.05) is 17.5 Å². The number of thiazole rings is 1. The molecule has 7 heteroatoms. The van der Waals surface area contributed by atoms with E-state index in [1.165, 1.54) is 0 Å². The van der Waals surface area contributed by atoms with Crippen molar-refractivity contribution >= 4 is 17.2 Å². The minimum absolute atomic E-state index is 0.00670. The summed E-state index contributed by atoms with van der Waals surface area (Å²) in [7, 11) is 3.24. The molecule has 0 spiro atoms. The topological polar surface area (TPSA) is 60.9 Å². The first-order valence-corrected chi connectivity index (χ1v) is 11.1. The Hall–Kier alpha value is -3.06. The first-order valence-electron chi connectivity index (χ1n) is 10.3. The fourth-order valence-electron chi connectivity index (χ4n) is 3.93. The van der Waals surface area contributed by atoms with Crippen LogP contribution in [0.3, 0.4) is 0 Å². The first-order chi connectivity index (χ1) is 15.1. The Morgan fingerprint density at radius 2 is 2.00 bits per heavy atom. The van der Waals surface area contributed by atoms with E-state index in [-0.39, 0.29) is 11.9 Å². The second kappa shape index (κ2) is 9.39. The fraction of sp³-hybridized carbons (Fsp3) is 0.333. The number of carbonyl (C=O) groups excluding carboxylic acids is 1. The number of carbonyl (C=O) groups is 1. The molecule has 1 saturated heterocycles. The summed E-state index contributed by atoms with van der Waals surface area (Å²) in [6, 6.07) is 13.2. The number of ether oxygens (including phenoxy) is 3. The van der Waals surface area contributed by atoms with E-state index < -0.39 is 0 Å². The van der Waals surface area contributed by atoms with E-state index >= 15 is 0 Å². The zero-order valence-corrected chi connectivity index (χ0v) is 18.8. The highest BCUT2D eigenvalue weighted by Crippen LogP contribution is 2.37. The normalized spacial score (nSPS) is 15.7. The van der Waals surface area contributed by atoms with Crippen molar-refractivity contribution in [3.05, 3.63) is 69.7 Å². The van der Waals surface area contributed by atoms with Crippen molar-refractivity contribution in [1.29, 1.82) is 0 Å². The number of nitrogens with zero attached hydrogens (tertiary/aromatic N) is 2. The standard InChI is InChI=1S/C24H26N2O4S/c1-16-25-19(15-31-16)14-30-20-7-4-6-18(12-20)24(27)26-11-5-8-21(26)17-9-10-22(28-2)23(13-17)29-3/h4,6-7,9-10,12-13,15,21H,5,8,11,14H2,1-3H3. The SMILES string of the molecule is COc1ccc(C2CCCN2C(=O)c2cccc(OCc3csc(C)n3)c2)cc1OC. The van der Waals surface area contributed by atoms with E-state index in [9.17, 15) is 4.79 Å². The Morgan fingerprint density at radius 1 is 1.16 bits per heavy atom. The molecule has 1 fully saturated rings. The third kappa shape index (κ3) is 4.66. The lowest BCUT2D eigenvalue weighted by Crippen LogP contribution is -2.30. The van der Waals surface area contributed by atoms with Gasteiger partial charge >= 0.3 is 0 Å². The van der Waals surface area contributed by atoms with Crippen LogP contribution in [0, 0.1) is 6.92 Å². The zero-order valence-electron chi connectivity index (χ0n) is 18.0. The maximum Gasteiger partial charge on any atom is 0.254 e. The Kier molecular flexibility index (Phi) is 6.42. The van der Waals surface area contributed by atoms with Crippen molar-refractivity contribution in [2.45, 2.75) is 32.4 Å². The number of rotatable bonds is 7. The summed E-state index contributed by atoms with van der Waals surface area (Å²) >= 11 is 1.60. The van der Waals surface area contributed by atoms with Crippen LogP contribution in [0.1, 0.15) is 45.5 Å². The Labute approximate surface area is 186 Å². The van der Waals surface area contributed by atoms with Crippen LogP contribution in [0.25, 0.3) is 0 Å². The molecule has 6 nitrogen and oxygen atoms in total. The molecule has 1 amide bonds. The van der Waals surface area contributed by atoms with Gasteiger partial charge in [-0.2, -0.15) is 0 Å². The maximum atomic E-state index is 13.3. The van der Waals surface area contributed by atoms with Crippen molar-refractivity contribution in [1.82, 2.24) is 9.88 Å². The van der Waals surface area contributed by atoms with Gasteiger partial charge in [-0.05, 0) is 55.7 Å². The lowest BCUT2D eigenvalue weighted by atomic mass is 10.0. The minimum atomic E-state index is 0.00670. The average molecular weight is 439 g/mol. The average Bonchev–Trinajstić information content (AvgIpc) is 3.46. The van der Waals surface area contributed by atoms with Crippen LogP contribution in [-0.2, 0) is 6.61 Å². The summed E-state index contributed by atoms with van der Waals surface area (Å²) in [4.78, 5) is 19.7. The predicted molar refractivity (Wildman–Crippen MR) is 120 cm³/mol. The van der Waals surface area contributed by atoms with Crippen LogP contribution >= 0.6 is 11.3 Å². The number of amides is 1. The van der Waals surface area contributed by atoms with E-state index in [0.29, 0.717) is 29.4 Å². The molecule has 162 valence electrons. The largest absolute Gasteiger partial charge is 0.493 e. The molecule has 2 heterocycles. The van der Waals surface area contributed by atoms with E-state index in [4.69, 9.17) is 14.2 Å². The van der Waals surface area contributed by atoms with Crippen molar-refractivity contribution in [2.75, 3.05) is 20.8 Å². The summed E-state index contributed by atoms with van der Waals surface area (Å²) in [5.74, 6) is 2.03. The van der Waals surface area contributed by atoms with E-state index in [1.54, 1.807) is 25.6 Å². The van der Waals surface area contributed by atoms with Gasteiger partial charge in [0.1, 0.15) is 12.4 Å². The molecule has 0 N–H and O–H groups in total. The number of benzene rings is 2. The van der Waals surface area contributed by atoms with Gasteiger partial charge in [-0.3, -0.25) is 4.79 Å². The molecule has 0 bridgehead atoms. The summed E-state index contributed by atoms with van der Waals surface area (Å²) in [6.07, 6.45) is 1.88. The quantitative estimate of drug-likeness (QED) is 0.518. The van der Waals surface area contributed by atoms with Crippen molar-refractivity contribution in [3.8, 4) is 17.2 Å². The van der Waals surface area contributed by atoms with Crippen LogP contribution < -0.4 is 14.2 Å². The Bertz CT molecular complexity index is 1070. The number of likely N-dealkylation sites (tertiary alicyclic amines) is 1. The number of aryl methyl sites for hydroxylation is 1. The molecule has 0 radical (unpaired) electrons. The third-order valence-electron chi connectivity index (χ3n) is 5.44. The van der Waals surface area contributed by atoms with E-state index in [0.717, 1.165) is 35.7 Å². The highest BCUT2D eigenvalue weighted by atomic mass is 32.1. The minimum Gasteiger partial charge on any atom is -0.493 e. The molecule has 2 aromatic carbocycles. The predicted octanol–water partition coefficient (Wildman–Crippen LogP) is 5.03. The molecule has 1 aromatic heterocycles. The van der Waals surface area contributed by atoms with Crippen LogP contribution in [0.5, 0.6) is 17.2 Å². The van der Waals surface area contributed by atoms with Crippen LogP contribution in [0.2, 0.25) is 0 Å². The first kappa shape index (κ1) is 21.2. The van der Waals surface area contributed by atoms with Gasteiger partial charge in [0.15, 0.2) is 11.5 Å². The molecule has 4 rings (SSSR count). The molecule has 1 unspecified atom stereocenters. The zero-order chi connectivity index (χ0) is 21.8. The van der Waals surface area contributed by atoms with E-state index in [2.05, 4.69) is 4.98 Å². The van der Waals surface area contributed by atoms with Gasteiger partial charge in [0.05, 0.1) is 31.0 Å². The summed E-state index contributed by atoms with van der Waals surface area (Å²) in [5.41, 5.74) is 2.57. The van der Waals surface area contributed by atoms with Crippen molar-refractivity contribution in [3.63, 3.8) is 0 Å². The monoisotopic (exact) mass is 438 g/mol. The van der Waals surface area contributed by atoms with Crippen molar-refractivity contribution < 1.29 is 19.0 Å². The van der Waals surface area contributed by atoms with Crippen LogP contribution in [-0.4, -0.2) is 36.6 Å². The lowest BCUT2D eigenvalue weighted by molar-refractivity contribution is 0.0735. The summed E-state index contributed by atoms with van der Waals surface area (Å²) < 4.78 is 16.7. The molecule has 1 aliphatic rings. The summed E-state index contributed by atoms with van der Waals surface area (Å²) in [6.45, 7) is 3.08. The van der Waals surface area contributed by atoms with Gasteiger partial charge in [-0.15, -0.1) is 11.3 Å². The number of hydrogen-bond donors (Lipinski definition) is 0.